The van der Waals surface area contributed by atoms with Crippen molar-refractivity contribution in [1.29, 1.82) is 0 Å². The number of benzene rings is 1. The van der Waals surface area contributed by atoms with Crippen LogP contribution in [0.25, 0.3) is 0 Å². The van der Waals surface area contributed by atoms with Gasteiger partial charge in [-0.2, -0.15) is 0 Å². The predicted octanol–water partition coefficient (Wildman–Crippen LogP) is 2.86. The molecule has 2 heteroatoms. The van der Waals surface area contributed by atoms with Crippen LogP contribution in [0, 0.1) is 0 Å². The zero-order chi connectivity index (χ0) is 12.1. The van der Waals surface area contributed by atoms with Crippen LogP contribution in [0.2, 0.25) is 0 Å². The molecule has 0 bridgehead atoms. The van der Waals surface area contributed by atoms with Gasteiger partial charge in [0.25, 0.3) is 0 Å². The minimum atomic E-state index is 0.804. The number of aryl methyl sites for hydroxylation is 1. The Bertz CT molecular complexity index is 373. The van der Waals surface area contributed by atoms with Crippen molar-refractivity contribution in [2.45, 2.75) is 44.9 Å². The van der Waals surface area contributed by atoms with Crippen molar-refractivity contribution in [2.75, 3.05) is 13.7 Å². The summed E-state index contributed by atoms with van der Waals surface area (Å²) in [7, 11) is 1.78. The Morgan fingerprint density at radius 3 is 2.59 bits per heavy atom. The van der Waals surface area contributed by atoms with Gasteiger partial charge in [-0.3, -0.25) is 0 Å². The first kappa shape index (κ1) is 12.4. The van der Waals surface area contributed by atoms with Crippen molar-refractivity contribution in [3.63, 3.8) is 0 Å². The largest absolute Gasteiger partial charge is 0.496 e. The first-order valence-corrected chi connectivity index (χ1v) is 6.74. The second-order valence-corrected chi connectivity index (χ2v) is 4.84. The van der Waals surface area contributed by atoms with E-state index in [1.54, 1.807) is 12.7 Å². The summed E-state index contributed by atoms with van der Waals surface area (Å²) in [6, 6.07) is 4.39. The molecule has 2 N–H and O–H groups in total. The Labute approximate surface area is 104 Å². The van der Waals surface area contributed by atoms with Crippen molar-refractivity contribution in [3.8, 4) is 5.75 Å². The highest BCUT2D eigenvalue weighted by Gasteiger charge is 2.16. The minimum Gasteiger partial charge on any atom is -0.496 e. The van der Waals surface area contributed by atoms with Gasteiger partial charge in [0.1, 0.15) is 5.75 Å². The quantitative estimate of drug-likeness (QED) is 0.794. The van der Waals surface area contributed by atoms with Crippen LogP contribution in [0.3, 0.4) is 0 Å². The summed E-state index contributed by atoms with van der Waals surface area (Å²) in [5.41, 5.74) is 10.1. The maximum absolute atomic E-state index is 5.56. The molecule has 1 aromatic carbocycles. The second-order valence-electron chi connectivity index (χ2n) is 4.84. The topological polar surface area (TPSA) is 35.2 Å². The molecule has 0 radical (unpaired) electrons. The number of rotatable bonds is 5. The zero-order valence-corrected chi connectivity index (χ0v) is 10.8. The van der Waals surface area contributed by atoms with Crippen molar-refractivity contribution in [3.05, 3.63) is 28.8 Å². The Morgan fingerprint density at radius 2 is 1.88 bits per heavy atom. The van der Waals surface area contributed by atoms with E-state index in [-0.39, 0.29) is 0 Å². The number of fused-ring (bicyclic) bond motifs is 1. The van der Waals surface area contributed by atoms with Gasteiger partial charge < -0.3 is 10.5 Å². The Hall–Kier alpha value is -1.02. The van der Waals surface area contributed by atoms with E-state index in [2.05, 4.69) is 12.1 Å². The van der Waals surface area contributed by atoms with E-state index in [1.165, 1.54) is 49.7 Å². The molecule has 0 amide bonds. The molecule has 0 aromatic heterocycles. The predicted molar refractivity (Wildman–Crippen MR) is 71.6 cm³/mol. The first-order chi connectivity index (χ1) is 8.36. The molecule has 0 spiro atoms. The van der Waals surface area contributed by atoms with Crippen LogP contribution in [-0.2, 0) is 19.3 Å². The SMILES string of the molecule is COc1ccc(CCCCN)c2c1CCCC2. The Balaban J connectivity index is 2.21. The van der Waals surface area contributed by atoms with Gasteiger partial charge in [0, 0.05) is 0 Å². The fourth-order valence-electron chi connectivity index (χ4n) is 2.79. The monoisotopic (exact) mass is 233 g/mol. The molecule has 0 saturated carbocycles. The van der Waals surface area contributed by atoms with Crippen LogP contribution in [-0.4, -0.2) is 13.7 Å². The summed E-state index contributed by atoms with van der Waals surface area (Å²) >= 11 is 0. The average molecular weight is 233 g/mol. The summed E-state index contributed by atoms with van der Waals surface area (Å²) in [6.07, 6.45) is 8.53. The molecule has 1 aliphatic rings. The molecule has 0 unspecified atom stereocenters. The van der Waals surface area contributed by atoms with E-state index < -0.39 is 0 Å². The fraction of sp³-hybridized carbons (Fsp3) is 0.600. The molecule has 94 valence electrons. The lowest BCUT2D eigenvalue weighted by molar-refractivity contribution is 0.405. The molecule has 2 nitrogen and oxygen atoms in total. The van der Waals surface area contributed by atoms with Gasteiger partial charge in [-0.05, 0) is 74.2 Å². The summed E-state index contributed by atoms with van der Waals surface area (Å²) in [6.45, 7) is 0.804. The van der Waals surface area contributed by atoms with Gasteiger partial charge in [-0.25, -0.2) is 0 Å². The van der Waals surface area contributed by atoms with Crippen molar-refractivity contribution >= 4 is 0 Å². The van der Waals surface area contributed by atoms with Crippen molar-refractivity contribution < 1.29 is 4.74 Å². The van der Waals surface area contributed by atoms with Crippen LogP contribution in [0.5, 0.6) is 5.75 Å². The highest BCUT2D eigenvalue weighted by Crippen LogP contribution is 2.32. The molecule has 0 saturated heterocycles. The molecule has 17 heavy (non-hydrogen) atoms. The lowest BCUT2D eigenvalue weighted by atomic mass is 9.86. The van der Waals surface area contributed by atoms with E-state index in [0.29, 0.717) is 0 Å². The van der Waals surface area contributed by atoms with Gasteiger partial charge in [-0.15, -0.1) is 0 Å². The summed E-state index contributed by atoms with van der Waals surface area (Å²) < 4.78 is 5.47. The van der Waals surface area contributed by atoms with E-state index in [9.17, 15) is 0 Å². The summed E-state index contributed by atoms with van der Waals surface area (Å²) in [5, 5.41) is 0. The fourth-order valence-corrected chi connectivity index (χ4v) is 2.79. The number of unbranched alkanes of at least 4 members (excludes halogenated alkanes) is 1. The Morgan fingerprint density at radius 1 is 1.12 bits per heavy atom. The third-order valence-electron chi connectivity index (χ3n) is 3.71. The number of hydrogen-bond donors (Lipinski definition) is 1. The average Bonchev–Trinajstić information content (AvgIpc) is 2.39. The molecule has 0 fully saturated rings. The lowest BCUT2D eigenvalue weighted by Crippen LogP contribution is -2.09. The highest BCUT2D eigenvalue weighted by atomic mass is 16.5. The lowest BCUT2D eigenvalue weighted by Gasteiger charge is -2.22. The van der Waals surface area contributed by atoms with Gasteiger partial charge in [0.05, 0.1) is 7.11 Å². The van der Waals surface area contributed by atoms with E-state index in [1.807, 2.05) is 0 Å². The molecule has 2 rings (SSSR count). The van der Waals surface area contributed by atoms with Crippen LogP contribution in [0.4, 0.5) is 0 Å². The second kappa shape index (κ2) is 6.06. The van der Waals surface area contributed by atoms with Crippen molar-refractivity contribution in [2.24, 2.45) is 5.73 Å². The molecule has 0 aliphatic heterocycles. The van der Waals surface area contributed by atoms with Crippen LogP contribution in [0.1, 0.15) is 42.4 Å². The van der Waals surface area contributed by atoms with E-state index in [4.69, 9.17) is 10.5 Å². The summed E-state index contributed by atoms with van der Waals surface area (Å²) in [5.74, 6) is 1.09. The Kier molecular flexibility index (Phi) is 4.43. The highest BCUT2D eigenvalue weighted by molar-refractivity contribution is 5.46. The van der Waals surface area contributed by atoms with Gasteiger partial charge >= 0.3 is 0 Å². The smallest absolute Gasteiger partial charge is 0.122 e. The number of nitrogens with two attached hydrogens (primary N) is 1. The molecule has 1 aromatic rings. The molecular formula is C15H23NO. The van der Waals surface area contributed by atoms with Crippen LogP contribution >= 0.6 is 0 Å². The third-order valence-corrected chi connectivity index (χ3v) is 3.71. The molecule has 0 heterocycles. The molecular weight excluding hydrogens is 210 g/mol. The molecule has 0 atom stereocenters. The zero-order valence-electron chi connectivity index (χ0n) is 10.8. The minimum absolute atomic E-state index is 0.804. The van der Waals surface area contributed by atoms with Crippen molar-refractivity contribution in [1.82, 2.24) is 0 Å². The standard InChI is InChI=1S/C15H23NO/c1-17-15-10-9-12(6-4-5-11-16)13-7-2-3-8-14(13)15/h9-10H,2-8,11,16H2,1H3. The first-order valence-electron chi connectivity index (χ1n) is 6.74. The normalized spacial score (nSPS) is 14.5. The van der Waals surface area contributed by atoms with Gasteiger partial charge in [0.2, 0.25) is 0 Å². The number of hydrogen-bond acceptors (Lipinski definition) is 2. The van der Waals surface area contributed by atoms with Crippen LogP contribution in [0.15, 0.2) is 12.1 Å². The summed E-state index contributed by atoms with van der Waals surface area (Å²) in [4.78, 5) is 0. The van der Waals surface area contributed by atoms with E-state index in [0.717, 1.165) is 18.7 Å². The maximum Gasteiger partial charge on any atom is 0.122 e. The van der Waals surface area contributed by atoms with E-state index >= 15 is 0 Å². The number of ether oxygens (including phenoxy) is 1. The van der Waals surface area contributed by atoms with Gasteiger partial charge in [0.15, 0.2) is 0 Å². The van der Waals surface area contributed by atoms with Gasteiger partial charge in [-0.1, -0.05) is 6.07 Å². The number of methoxy groups -OCH3 is 1. The maximum atomic E-state index is 5.56. The van der Waals surface area contributed by atoms with Crippen LogP contribution < -0.4 is 10.5 Å². The third kappa shape index (κ3) is 2.81. The molecule has 1 aliphatic carbocycles.